The molecule has 2 rings (SSSR count). The van der Waals surface area contributed by atoms with Crippen LogP contribution in [0.1, 0.15) is 36.4 Å². The van der Waals surface area contributed by atoms with E-state index in [2.05, 4.69) is 18.0 Å². The summed E-state index contributed by atoms with van der Waals surface area (Å²) in [6.45, 7) is 2.15. The van der Waals surface area contributed by atoms with Crippen LogP contribution in [0.5, 0.6) is 0 Å². The minimum atomic E-state index is 0.774. The first kappa shape index (κ1) is 6.84. The lowest BCUT2D eigenvalue weighted by Crippen LogP contribution is -2.11. The predicted octanol–water partition coefficient (Wildman–Crippen LogP) is 2.66. The molecule has 0 amide bonds. The van der Waals surface area contributed by atoms with Gasteiger partial charge in [0.05, 0.1) is 0 Å². The second-order valence-corrected chi connectivity index (χ2v) is 3.33. The fourth-order valence-electron chi connectivity index (χ4n) is 1.61. The molecule has 0 spiro atoms. The summed E-state index contributed by atoms with van der Waals surface area (Å²) in [4.78, 5) is 4.40. The minimum absolute atomic E-state index is 0.774. The molecule has 1 saturated carbocycles. The fourth-order valence-corrected chi connectivity index (χ4v) is 1.61. The Morgan fingerprint density at radius 2 is 2.27 bits per heavy atom. The highest BCUT2D eigenvalue weighted by molar-refractivity contribution is 5.22. The molecule has 1 aromatic rings. The third kappa shape index (κ3) is 1.15. The average Bonchev–Trinajstić information content (AvgIpc) is 1.90. The second kappa shape index (κ2) is 2.65. The van der Waals surface area contributed by atoms with Gasteiger partial charge in [0, 0.05) is 17.8 Å². The van der Waals surface area contributed by atoms with Gasteiger partial charge >= 0.3 is 0 Å². The van der Waals surface area contributed by atoms with Gasteiger partial charge in [-0.1, -0.05) is 12.5 Å². The van der Waals surface area contributed by atoms with Crippen molar-refractivity contribution in [2.75, 3.05) is 0 Å². The van der Waals surface area contributed by atoms with Crippen molar-refractivity contribution in [3.63, 3.8) is 0 Å². The summed E-state index contributed by atoms with van der Waals surface area (Å²) in [5.74, 6) is 0.774. The lowest BCUT2D eigenvalue weighted by atomic mass is 9.81. The van der Waals surface area contributed by atoms with Crippen molar-refractivity contribution in [2.45, 2.75) is 32.1 Å². The van der Waals surface area contributed by atoms with Crippen molar-refractivity contribution in [1.29, 1.82) is 0 Å². The third-order valence-electron chi connectivity index (χ3n) is 2.54. The van der Waals surface area contributed by atoms with E-state index in [0.717, 1.165) is 5.92 Å². The van der Waals surface area contributed by atoms with Crippen molar-refractivity contribution in [2.24, 2.45) is 0 Å². The Hall–Kier alpha value is -0.850. The van der Waals surface area contributed by atoms with E-state index in [1.807, 2.05) is 12.3 Å². The van der Waals surface area contributed by atoms with Crippen molar-refractivity contribution in [3.05, 3.63) is 29.6 Å². The first-order chi connectivity index (χ1) is 5.38. The maximum Gasteiger partial charge on any atom is 0.0463 e. The molecule has 1 aliphatic carbocycles. The van der Waals surface area contributed by atoms with Crippen molar-refractivity contribution < 1.29 is 0 Å². The van der Waals surface area contributed by atoms with Gasteiger partial charge in [0.25, 0.3) is 0 Å². The van der Waals surface area contributed by atoms with Crippen LogP contribution in [0.25, 0.3) is 0 Å². The standard InChI is InChI=1S/C10H13N/c1-8-4-3-7-11-10(8)9-5-2-6-9/h3-4,7,9H,2,5-6H2,1H3. The number of aryl methyl sites for hydroxylation is 1. The van der Waals surface area contributed by atoms with Crippen LogP contribution >= 0.6 is 0 Å². The van der Waals surface area contributed by atoms with Crippen molar-refractivity contribution in [1.82, 2.24) is 4.98 Å². The highest BCUT2D eigenvalue weighted by Crippen LogP contribution is 2.36. The maximum atomic E-state index is 4.40. The van der Waals surface area contributed by atoms with Crippen LogP contribution in [0, 0.1) is 6.92 Å². The molecule has 11 heavy (non-hydrogen) atoms. The highest BCUT2D eigenvalue weighted by atomic mass is 14.7. The van der Waals surface area contributed by atoms with Gasteiger partial charge < -0.3 is 0 Å². The van der Waals surface area contributed by atoms with Crippen LogP contribution in [-0.2, 0) is 0 Å². The first-order valence-corrected chi connectivity index (χ1v) is 4.29. The molecule has 0 aliphatic heterocycles. The molecular weight excluding hydrogens is 134 g/mol. The van der Waals surface area contributed by atoms with E-state index in [4.69, 9.17) is 0 Å². The van der Waals surface area contributed by atoms with Crippen LogP contribution in [0.15, 0.2) is 18.3 Å². The van der Waals surface area contributed by atoms with Crippen LogP contribution in [-0.4, -0.2) is 4.98 Å². The zero-order valence-corrected chi connectivity index (χ0v) is 6.88. The number of rotatable bonds is 1. The molecule has 1 heterocycles. The van der Waals surface area contributed by atoms with E-state index in [9.17, 15) is 0 Å². The number of nitrogens with zero attached hydrogens (tertiary/aromatic N) is 1. The van der Waals surface area contributed by atoms with Gasteiger partial charge in [-0.25, -0.2) is 0 Å². The van der Waals surface area contributed by atoms with Gasteiger partial charge in [0.2, 0.25) is 0 Å². The average molecular weight is 147 g/mol. The number of aromatic nitrogens is 1. The maximum absolute atomic E-state index is 4.40. The Morgan fingerprint density at radius 1 is 1.45 bits per heavy atom. The molecule has 0 bridgehead atoms. The van der Waals surface area contributed by atoms with Crippen molar-refractivity contribution in [3.8, 4) is 0 Å². The van der Waals surface area contributed by atoms with E-state index in [1.165, 1.54) is 30.5 Å². The van der Waals surface area contributed by atoms with Gasteiger partial charge in [-0.2, -0.15) is 0 Å². The molecule has 0 aromatic carbocycles. The molecule has 58 valence electrons. The van der Waals surface area contributed by atoms with Crippen molar-refractivity contribution >= 4 is 0 Å². The van der Waals surface area contributed by atoms with Crippen LogP contribution in [0.3, 0.4) is 0 Å². The molecule has 0 radical (unpaired) electrons. The highest BCUT2D eigenvalue weighted by Gasteiger charge is 2.21. The molecule has 1 fully saturated rings. The van der Waals surface area contributed by atoms with Gasteiger partial charge in [0.15, 0.2) is 0 Å². The minimum Gasteiger partial charge on any atom is -0.261 e. The normalized spacial score (nSPS) is 17.9. The summed E-state index contributed by atoms with van der Waals surface area (Å²) in [5.41, 5.74) is 2.69. The monoisotopic (exact) mass is 147 g/mol. The van der Waals surface area contributed by atoms with Crippen LogP contribution in [0.4, 0.5) is 0 Å². The molecule has 0 atom stereocenters. The lowest BCUT2D eigenvalue weighted by Gasteiger charge is -2.25. The van der Waals surface area contributed by atoms with Gasteiger partial charge in [-0.05, 0) is 31.4 Å². The van der Waals surface area contributed by atoms with Gasteiger partial charge in [-0.3, -0.25) is 4.98 Å². The van der Waals surface area contributed by atoms with Gasteiger partial charge in [0.1, 0.15) is 0 Å². The smallest absolute Gasteiger partial charge is 0.0463 e. The zero-order chi connectivity index (χ0) is 7.68. The second-order valence-electron chi connectivity index (χ2n) is 3.33. The molecular formula is C10H13N. The number of pyridine rings is 1. The summed E-state index contributed by atoms with van der Waals surface area (Å²) in [5, 5.41) is 0. The molecule has 0 saturated heterocycles. The molecule has 0 N–H and O–H groups in total. The van der Waals surface area contributed by atoms with Crippen LogP contribution in [0.2, 0.25) is 0 Å². The fraction of sp³-hybridized carbons (Fsp3) is 0.500. The summed E-state index contributed by atoms with van der Waals surface area (Å²) < 4.78 is 0. The molecule has 1 nitrogen and oxygen atoms in total. The van der Waals surface area contributed by atoms with E-state index in [0.29, 0.717) is 0 Å². The summed E-state index contributed by atoms with van der Waals surface area (Å²) in [6.07, 6.45) is 5.98. The predicted molar refractivity (Wildman–Crippen MR) is 45.6 cm³/mol. The quantitative estimate of drug-likeness (QED) is 0.595. The van der Waals surface area contributed by atoms with E-state index >= 15 is 0 Å². The van der Waals surface area contributed by atoms with E-state index in [1.54, 1.807) is 0 Å². The number of hydrogen-bond acceptors (Lipinski definition) is 1. The van der Waals surface area contributed by atoms with Crippen LogP contribution < -0.4 is 0 Å². The largest absolute Gasteiger partial charge is 0.261 e. The Balaban J connectivity index is 2.28. The molecule has 1 heteroatoms. The molecule has 1 aliphatic rings. The third-order valence-corrected chi connectivity index (χ3v) is 2.54. The molecule has 0 unspecified atom stereocenters. The Bertz CT molecular complexity index is 251. The summed E-state index contributed by atoms with van der Waals surface area (Å²) >= 11 is 0. The number of hydrogen-bond donors (Lipinski definition) is 0. The Morgan fingerprint density at radius 3 is 2.82 bits per heavy atom. The topological polar surface area (TPSA) is 12.9 Å². The lowest BCUT2D eigenvalue weighted by molar-refractivity contribution is 0.409. The van der Waals surface area contributed by atoms with E-state index < -0.39 is 0 Å². The molecule has 1 aromatic heterocycles. The zero-order valence-electron chi connectivity index (χ0n) is 6.88. The summed E-state index contributed by atoms with van der Waals surface area (Å²) in [7, 11) is 0. The van der Waals surface area contributed by atoms with Gasteiger partial charge in [-0.15, -0.1) is 0 Å². The SMILES string of the molecule is Cc1cccnc1C1CCC1. The first-order valence-electron chi connectivity index (χ1n) is 4.29. The Labute approximate surface area is 67.5 Å². The Kier molecular flexibility index (Phi) is 1.65. The van der Waals surface area contributed by atoms with E-state index in [-0.39, 0.29) is 0 Å². The summed E-state index contributed by atoms with van der Waals surface area (Å²) in [6, 6.07) is 4.16.